The lowest BCUT2D eigenvalue weighted by Crippen LogP contribution is -2.36. The summed E-state index contributed by atoms with van der Waals surface area (Å²) in [7, 11) is -2.19. The SMILES string of the molecule is CS(=O)(=O)SCCNC(=O)CCCCC1SCC2NC(=O)NC21. The highest BCUT2D eigenvalue weighted by Gasteiger charge is 2.42. The topological polar surface area (TPSA) is 104 Å². The van der Waals surface area contributed by atoms with E-state index in [-0.39, 0.29) is 24.0 Å². The molecule has 23 heavy (non-hydrogen) atoms. The Morgan fingerprint density at radius 1 is 1.39 bits per heavy atom. The summed E-state index contributed by atoms with van der Waals surface area (Å²) in [6.45, 7) is 0.372. The van der Waals surface area contributed by atoms with Crippen LogP contribution in [0.15, 0.2) is 0 Å². The maximum atomic E-state index is 11.6. The molecule has 2 aliphatic heterocycles. The zero-order chi connectivity index (χ0) is 16.9. The van der Waals surface area contributed by atoms with Crippen molar-refractivity contribution in [2.75, 3.05) is 24.3 Å². The molecule has 0 aromatic heterocycles. The van der Waals surface area contributed by atoms with Gasteiger partial charge in [0.05, 0.1) is 12.1 Å². The number of amides is 3. The van der Waals surface area contributed by atoms with E-state index in [2.05, 4.69) is 16.0 Å². The lowest BCUT2D eigenvalue weighted by Gasteiger charge is -2.16. The molecule has 2 aliphatic rings. The van der Waals surface area contributed by atoms with Gasteiger partial charge >= 0.3 is 6.03 Å². The van der Waals surface area contributed by atoms with Gasteiger partial charge in [0.2, 0.25) is 5.91 Å². The molecule has 3 unspecified atom stereocenters. The van der Waals surface area contributed by atoms with Crippen LogP contribution in [0.4, 0.5) is 4.79 Å². The number of nitrogens with one attached hydrogen (secondary N) is 3. The molecule has 0 aromatic carbocycles. The number of urea groups is 1. The molecule has 7 nitrogen and oxygen atoms in total. The monoisotopic (exact) mass is 381 g/mol. The molecule has 2 heterocycles. The molecule has 0 aromatic rings. The van der Waals surface area contributed by atoms with Crippen LogP contribution in [-0.4, -0.2) is 62.0 Å². The summed E-state index contributed by atoms with van der Waals surface area (Å²) in [4.78, 5) is 22.9. The Bertz CT molecular complexity index is 541. The van der Waals surface area contributed by atoms with Crippen molar-refractivity contribution in [3.63, 3.8) is 0 Å². The second-order valence-electron chi connectivity index (χ2n) is 5.74. The van der Waals surface area contributed by atoms with E-state index in [1.807, 2.05) is 11.8 Å². The van der Waals surface area contributed by atoms with Crippen LogP contribution in [0.3, 0.4) is 0 Å². The van der Waals surface area contributed by atoms with Crippen LogP contribution in [0.1, 0.15) is 25.7 Å². The molecule has 0 radical (unpaired) electrons. The van der Waals surface area contributed by atoms with E-state index >= 15 is 0 Å². The summed E-state index contributed by atoms with van der Waals surface area (Å²) in [5, 5.41) is 9.03. The molecule has 3 atom stereocenters. The highest BCUT2D eigenvalue weighted by molar-refractivity contribution is 8.71. The molecule has 0 aliphatic carbocycles. The fraction of sp³-hybridized carbons (Fsp3) is 0.846. The fourth-order valence-corrected chi connectivity index (χ4v) is 5.94. The summed E-state index contributed by atoms with van der Waals surface area (Å²) in [5.74, 6) is 1.29. The first-order valence-corrected chi connectivity index (χ1v) is 12.1. The van der Waals surface area contributed by atoms with Gasteiger partial charge in [-0.3, -0.25) is 4.79 Å². The molecule has 2 fully saturated rings. The summed E-state index contributed by atoms with van der Waals surface area (Å²) >= 11 is 1.88. The summed E-state index contributed by atoms with van der Waals surface area (Å²) in [6.07, 6.45) is 4.36. The van der Waals surface area contributed by atoms with Crippen molar-refractivity contribution in [1.29, 1.82) is 0 Å². The standard InChI is InChI=1S/C13H23N3O4S3/c1-23(19,20)22-7-6-14-11(17)5-3-2-4-10-12-9(8-21-10)15-13(18)16-12/h9-10,12H,2-8H2,1H3,(H,14,17)(H2,15,16,18). The van der Waals surface area contributed by atoms with Crippen LogP contribution in [0.2, 0.25) is 0 Å². The largest absolute Gasteiger partial charge is 0.355 e. The third-order valence-electron chi connectivity index (χ3n) is 3.80. The molecule has 132 valence electrons. The Labute approximate surface area is 144 Å². The number of hydrogen-bond acceptors (Lipinski definition) is 6. The highest BCUT2D eigenvalue weighted by Crippen LogP contribution is 2.33. The number of hydrogen-bond donors (Lipinski definition) is 3. The fourth-order valence-electron chi connectivity index (χ4n) is 2.75. The average molecular weight is 382 g/mol. The van der Waals surface area contributed by atoms with Gasteiger partial charge in [-0.15, -0.1) is 0 Å². The van der Waals surface area contributed by atoms with Gasteiger partial charge < -0.3 is 16.0 Å². The smallest absolute Gasteiger partial charge is 0.315 e. The second kappa shape index (κ2) is 8.48. The third kappa shape index (κ3) is 6.42. The molecular formula is C13H23N3O4S3. The number of fused-ring (bicyclic) bond motifs is 1. The van der Waals surface area contributed by atoms with Gasteiger partial charge in [0.15, 0.2) is 8.87 Å². The minimum absolute atomic E-state index is 0.0353. The van der Waals surface area contributed by atoms with Crippen LogP contribution in [0, 0.1) is 0 Å². The van der Waals surface area contributed by atoms with E-state index in [0.717, 1.165) is 42.1 Å². The van der Waals surface area contributed by atoms with Crippen LogP contribution >= 0.6 is 22.6 Å². The molecule has 3 amide bonds. The van der Waals surface area contributed by atoms with Crippen molar-refractivity contribution >= 4 is 43.4 Å². The van der Waals surface area contributed by atoms with Gasteiger partial charge in [-0.1, -0.05) is 6.42 Å². The molecule has 0 bridgehead atoms. The second-order valence-corrected chi connectivity index (χ2v) is 11.6. The van der Waals surface area contributed by atoms with Gasteiger partial charge in [-0.2, -0.15) is 11.8 Å². The molecule has 2 saturated heterocycles. The maximum Gasteiger partial charge on any atom is 0.315 e. The van der Waals surface area contributed by atoms with Gasteiger partial charge in [0, 0.05) is 36.0 Å². The zero-order valence-corrected chi connectivity index (χ0v) is 15.5. The predicted molar refractivity (Wildman–Crippen MR) is 94.3 cm³/mol. The number of carbonyl (C=O) groups is 2. The van der Waals surface area contributed by atoms with Crippen LogP contribution in [0.5, 0.6) is 0 Å². The quantitative estimate of drug-likeness (QED) is 0.306. The Kier molecular flexibility index (Phi) is 6.90. The lowest BCUT2D eigenvalue weighted by atomic mass is 10.0. The average Bonchev–Trinajstić information content (AvgIpc) is 2.98. The Morgan fingerprint density at radius 3 is 2.91 bits per heavy atom. The van der Waals surface area contributed by atoms with Crippen LogP contribution in [-0.2, 0) is 13.7 Å². The Morgan fingerprint density at radius 2 is 2.17 bits per heavy atom. The van der Waals surface area contributed by atoms with Crippen molar-refractivity contribution in [3.8, 4) is 0 Å². The van der Waals surface area contributed by atoms with Crippen molar-refractivity contribution in [2.24, 2.45) is 0 Å². The van der Waals surface area contributed by atoms with Crippen LogP contribution < -0.4 is 16.0 Å². The van der Waals surface area contributed by atoms with Gasteiger partial charge in [-0.25, -0.2) is 13.2 Å². The first-order valence-electron chi connectivity index (χ1n) is 7.65. The molecule has 2 rings (SSSR count). The number of carbonyl (C=O) groups excluding carboxylic acids is 2. The van der Waals surface area contributed by atoms with Crippen molar-refractivity contribution in [2.45, 2.75) is 43.0 Å². The van der Waals surface area contributed by atoms with Gasteiger partial charge in [0.1, 0.15) is 0 Å². The number of thioether (sulfide) groups is 1. The molecular weight excluding hydrogens is 358 g/mol. The van der Waals surface area contributed by atoms with E-state index in [1.54, 1.807) is 0 Å². The number of unbranched alkanes of at least 4 members (excludes halogenated alkanes) is 1. The Balaban J connectivity index is 1.52. The summed E-state index contributed by atoms with van der Waals surface area (Å²) < 4.78 is 21.9. The predicted octanol–water partition coefficient (Wildman–Crippen LogP) is 0.521. The molecule has 10 heteroatoms. The van der Waals surface area contributed by atoms with Gasteiger partial charge in [-0.05, 0) is 23.6 Å². The lowest BCUT2D eigenvalue weighted by molar-refractivity contribution is -0.121. The minimum atomic E-state index is -3.04. The molecule has 0 saturated carbocycles. The third-order valence-corrected chi connectivity index (χ3v) is 7.89. The molecule has 0 spiro atoms. The first kappa shape index (κ1) is 18.7. The Hall–Kier alpha value is -0.610. The molecule has 3 N–H and O–H groups in total. The van der Waals surface area contributed by atoms with Crippen LogP contribution in [0.25, 0.3) is 0 Å². The van der Waals surface area contributed by atoms with E-state index < -0.39 is 8.87 Å². The van der Waals surface area contributed by atoms with E-state index in [4.69, 9.17) is 0 Å². The van der Waals surface area contributed by atoms with E-state index in [0.29, 0.717) is 24.0 Å². The normalized spacial score (nSPS) is 26.5. The summed E-state index contributed by atoms with van der Waals surface area (Å²) in [6, 6.07) is 0.388. The van der Waals surface area contributed by atoms with Gasteiger partial charge in [0.25, 0.3) is 0 Å². The highest BCUT2D eigenvalue weighted by atomic mass is 33.1. The van der Waals surface area contributed by atoms with Crippen molar-refractivity contribution < 1.29 is 18.0 Å². The minimum Gasteiger partial charge on any atom is -0.355 e. The maximum absolute atomic E-state index is 11.6. The van der Waals surface area contributed by atoms with E-state index in [9.17, 15) is 18.0 Å². The zero-order valence-electron chi connectivity index (χ0n) is 13.0. The van der Waals surface area contributed by atoms with E-state index in [1.165, 1.54) is 0 Å². The number of rotatable bonds is 9. The first-order chi connectivity index (χ1) is 10.8. The van der Waals surface area contributed by atoms with Crippen molar-refractivity contribution in [1.82, 2.24) is 16.0 Å². The van der Waals surface area contributed by atoms with Crippen molar-refractivity contribution in [3.05, 3.63) is 0 Å². The summed E-state index contributed by atoms with van der Waals surface area (Å²) in [5.41, 5.74) is 0.